The number of aliphatic hydroxyl groups excluding tert-OH is 1. The molecule has 0 saturated heterocycles. The lowest BCUT2D eigenvalue weighted by Crippen LogP contribution is -2.43. The molecule has 1 heterocycles. The summed E-state index contributed by atoms with van der Waals surface area (Å²) in [7, 11) is 0. The van der Waals surface area contributed by atoms with Gasteiger partial charge in [0.2, 0.25) is 0 Å². The van der Waals surface area contributed by atoms with Crippen molar-refractivity contribution in [1.29, 1.82) is 0 Å². The van der Waals surface area contributed by atoms with Gasteiger partial charge in [-0.05, 0) is 44.6 Å². The Hall–Kier alpha value is -1.35. The molecule has 1 aromatic rings. The van der Waals surface area contributed by atoms with E-state index in [9.17, 15) is 5.11 Å². The minimum absolute atomic E-state index is 0.163. The summed E-state index contributed by atoms with van der Waals surface area (Å²) in [6.07, 6.45) is 7.91. The number of terminal acetylenes is 1. The molecule has 0 radical (unpaired) electrons. The third-order valence-corrected chi connectivity index (χ3v) is 4.44. The van der Waals surface area contributed by atoms with Crippen LogP contribution in [0.5, 0.6) is 0 Å². The van der Waals surface area contributed by atoms with E-state index in [1.54, 1.807) is 11.3 Å². The molecule has 2 N–H and O–H groups in total. The van der Waals surface area contributed by atoms with Gasteiger partial charge in [0.1, 0.15) is 12.7 Å². The van der Waals surface area contributed by atoms with Crippen LogP contribution in [0.15, 0.2) is 16.6 Å². The van der Waals surface area contributed by atoms with Crippen LogP contribution in [0.4, 0.5) is 0 Å². The highest BCUT2D eigenvalue weighted by Gasteiger charge is 2.18. The van der Waals surface area contributed by atoms with E-state index in [1.165, 1.54) is 10.4 Å². The van der Waals surface area contributed by atoms with Crippen LogP contribution in [0.1, 0.15) is 37.1 Å². The summed E-state index contributed by atoms with van der Waals surface area (Å²) in [6.45, 7) is 4.32. The molecule has 1 atom stereocenters. The van der Waals surface area contributed by atoms with Crippen molar-refractivity contribution in [2.45, 2.75) is 44.8 Å². The van der Waals surface area contributed by atoms with Crippen LogP contribution in [0.3, 0.4) is 0 Å². The number of aryl methyl sites for hydroxylation is 1. The standard InChI is InChI=1S/C16H22N2O2S/c1-4-16(2,3)17-10-12(19)11-20-18-14-6-5-7-15-13(14)8-9-21-15/h1,8-9,12,17,19H,5-7,10-11H2,2-3H3. The lowest BCUT2D eigenvalue weighted by atomic mass is 9.97. The number of β-amino-alcohol motifs (C(OH)–C–C–N with tert-alkyl or cyclic N) is 1. The number of rotatable bonds is 6. The highest BCUT2D eigenvalue weighted by Crippen LogP contribution is 2.26. The van der Waals surface area contributed by atoms with Gasteiger partial charge in [-0.15, -0.1) is 17.8 Å². The molecular weight excluding hydrogens is 284 g/mol. The Labute approximate surface area is 130 Å². The van der Waals surface area contributed by atoms with Crippen molar-refractivity contribution in [2.24, 2.45) is 5.16 Å². The van der Waals surface area contributed by atoms with E-state index >= 15 is 0 Å². The minimum Gasteiger partial charge on any atom is -0.393 e. The normalized spacial score (nSPS) is 18.1. The second-order valence-corrected chi connectivity index (χ2v) is 6.75. The molecule has 1 unspecified atom stereocenters. The molecule has 0 bridgehead atoms. The Morgan fingerprint density at radius 1 is 1.57 bits per heavy atom. The first kappa shape index (κ1) is 16.0. The Kier molecular flexibility index (Phi) is 5.40. The van der Waals surface area contributed by atoms with Crippen LogP contribution in [-0.4, -0.2) is 35.6 Å². The number of aliphatic hydroxyl groups is 1. The Balaban J connectivity index is 1.80. The zero-order chi connectivity index (χ0) is 15.3. The van der Waals surface area contributed by atoms with Gasteiger partial charge in [-0.25, -0.2) is 0 Å². The summed E-state index contributed by atoms with van der Waals surface area (Å²) in [6, 6.07) is 2.09. The molecule has 0 saturated carbocycles. The summed E-state index contributed by atoms with van der Waals surface area (Å²) in [5.74, 6) is 2.62. The molecule has 2 rings (SSSR count). The van der Waals surface area contributed by atoms with Gasteiger partial charge >= 0.3 is 0 Å². The van der Waals surface area contributed by atoms with E-state index < -0.39 is 11.6 Å². The Morgan fingerprint density at radius 3 is 3.14 bits per heavy atom. The van der Waals surface area contributed by atoms with Crippen LogP contribution in [0.25, 0.3) is 0 Å². The maximum atomic E-state index is 9.87. The molecule has 0 spiro atoms. The number of thiophene rings is 1. The fourth-order valence-corrected chi connectivity index (χ4v) is 3.06. The Bertz CT molecular complexity index is 543. The summed E-state index contributed by atoms with van der Waals surface area (Å²) in [5.41, 5.74) is 1.76. The predicted octanol–water partition coefficient (Wildman–Crippen LogP) is 2.17. The summed E-state index contributed by atoms with van der Waals surface area (Å²) >= 11 is 1.77. The van der Waals surface area contributed by atoms with E-state index in [1.807, 2.05) is 13.8 Å². The fourth-order valence-electron chi connectivity index (χ4n) is 2.12. The maximum Gasteiger partial charge on any atom is 0.144 e. The zero-order valence-corrected chi connectivity index (χ0v) is 13.4. The van der Waals surface area contributed by atoms with Gasteiger partial charge in [0.15, 0.2) is 0 Å². The predicted molar refractivity (Wildman–Crippen MR) is 86.7 cm³/mol. The number of fused-ring (bicyclic) bond motifs is 1. The van der Waals surface area contributed by atoms with Crippen molar-refractivity contribution in [2.75, 3.05) is 13.2 Å². The van der Waals surface area contributed by atoms with Crippen LogP contribution in [0, 0.1) is 12.3 Å². The number of hydrogen-bond donors (Lipinski definition) is 2. The average molecular weight is 306 g/mol. The third-order valence-electron chi connectivity index (χ3n) is 3.46. The lowest BCUT2D eigenvalue weighted by Gasteiger charge is -2.21. The fraction of sp³-hybridized carbons (Fsp3) is 0.562. The van der Waals surface area contributed by atoms with Gasteiger partial charge in [-0.1, -0.05) is 11.1 Å². The van der Waals surface area contributed by atoms with Crippen LogP contribution in [0.2, 0.25) is 0 Å². The molecule has 4 nitrogen and oxygen atoms in total. The van der Waals surface area contributed by atoms with E-state index in [4.69, 9.17) is 11.3 Å². The van der Waals surface area contributed by atoms with E-state index in [2.05, 4.69) is 27.8 Å². The Morgan fingerprint density at radius 2 is 2.38 bits per heavy atom. The minimum atomic E-state index is -0.632. The zero-order valence-electron chi connectivity index (χ0n) is 12.6. The van der Waals surface area contributed by atoms with E-state index in [0.29, 0.717) is 6.54 Å². The summed E-state index contributed by atoms with van der Waals surface area (Å²) < 4.78 is 0. The topological polar surface area (TPSA) is 53.8 Å². The molecule has 1 aromatic heterocycles. The molecule has 0 amide bonds. The first-order valence-corrected chi connectivity index (χ1v) is 8.06. The van der Waals surface area contributed by atoms with E-state index in [-0.39, 0.29) is 6.61 Å². The molecule has 0 fully saturated rings. The maximum absolute atomic E-state index is 9.87. The third kappa shape index (κ3) is 4.57. The van der Waals surface area contributed by atoms with Crippen molar-refractivity contribution < 1.29 is 9.94 Å². The van der Waals surface area contributed by atoms with Crippen molar-refractivity contribution in [3.05, 3.63) is 21.9 Å². The SMILES string of the molecule is C#CC(C)(C)NCC(O)CON=C1CCCc2sccc21. The highest BCUT2D eigenvalue weighted by molar-refractivity contribution is 7.10. The van der Waals surface area contributed by atoms with Crippen molar-refractivity contribution >= 4 is 17.0 Å². The molecule has 0 aromatic carbocycles. The molecule has 21 heavy (non-hydrogen) atoms. The number of nitrogens with one attached hydrogen (secondary N) is 1. The number of oxime groups is 1. The summed E-state index contributed by atoms with van der Waals surface area (Å²) in [4.78, 5) is 6.69. The van der Waals surface area contributed by atoms with Gasteiger partial charge in [0.05, 0.1) is 11.3 Å². The van der Waals surface area contributed by atoms with Crippen LogP contribution in [-0.2, 0) is 11.3 Å². The van der Waals surface area contributed by atoms with Crippen LogP contribution >= 0.6 is 11.3 Å². The summed E-state index contributed by atoms with van der Waals surface area (Å²) in [5, 5.41) is 19.3. The van der Waals surface area contributed by atoms with Crippen molar-refractivity contribution in [3.63, 3.8) is 0 Å². The monoisotopic (exact) mass is 306 g/mol. The van der Waals surface area contributed by atoms with Gasteiger partial charge in [0.25, 0.3) is 0 Å². The van der Waals surface area contributed by atoms with Crippen molar-refractivity contribution in [3.8, 4) is 12.3 Å². The molecular formula is C16H22N2O2S. The number of nitrogens with zero attached hydrogens (tertiary/aromatic N) is 1. The largest absolute Gasteiger partial charge is 0.393 e. The quantitative estimate of drug-likeness (QED) is 0.625. The smallest absolute Gasteiger partial charge is 0.144 e. The number of hydrogen-bond acceptors (Lipinski definition) is 5. The first-order valence-electron chi connectivity index (χ1n) is 7.18. The van der Waals surface area contributed by atoms with Gasteiger partial charge < -0.3 is 9.94 Å². The van der Waals surface area contributed by atoms with E-state index in [0.717, 1.165) is 25.0 Å². The van der Waals surface area contributed by atoms with Crippen molar-refractivity contribution in [1.82, 2.24) is 5.32 Å². The molecule has 0 aliphatic heterocycles. The molecule has 114 valence electrons. The van der Waals surface area contributed by atoms with Gasteiger partial charge in [-0.3, -0.25) is 5.32 Å². The molecule has 1 aliphatic carbocycles. The molecule has 1 aliphatic rings. The average Bonchev–Trinajstić information content (AvgIpc) is 2.95. The highest BCUT2D eigenvalue weighted by atomic mass is 32.1. The second-order valence-electron chi connectivity index (χ2n) is 5.75. The van der Waals surface area contributed by atoms with Crippen LogP contribution < -0.4 is 5.32 Å². The molecule has 5 heteroatoms. The first-order chi connectivity index (χ1) is 10.0. The lowest BCUT2D eigenvalue weighted by molar-refractivity contribution is 0.0380. The van der Waals surface area contributed by atoms with Gasteiger partial charge in [-0.2, -0.15) is 0 Å². The second kappa shape index (κ2) is 7.08. The van der Waals surface area contributed by atoms with Gasteiger partial charge in [0, 0.05) is 17.0 Å².